The summed E-state index contributed by atoms with van der Waals surface area (Å²) in [5, 5.41) is 16.4. The first kappa shape index (κ1) is 15.8. The number of carbonyl (C=O) groups is 2. The van der Waals surface area contributed by atoms with Crippen LogP contribution in [0.5, 0.6) is 0 Å². The van der Waals surface area contributed by atoms with Gasteiger partial charge in [-0.15, -0.1) is 11.3 Å². The monoisotopic (exact) mass is 311 g/mol. The number of hydrogen-bond acceptors (Lipinski definition) is 4. The Morgan fingerprint density at radius 1 is 1.43 bits per heavy atom. The molecule has 0 bridgehead atoms. The zero-order valence-corrected chi connectivity index (χ0v) is 12.9. The summed E-state index contributed by atoms with van der Waals surface area (Å²) in [4.78, 5) is 25.0. The quantitative estimate of drug-likeness (QED) is 0.779. The van der Waals surface area contributed by atoms with Crippen LogP contribution < -0.4 is 10.6 Å². The Morgan fingerprint density at radius 3 is 2.81 bits per heavy atom. The summed E-state index contributed by atoms with van der Waals surface area (Å²) >= 11 is 1.21. The van der Waals surface area contributed by atoms with Gasteiger partial charge in [0.15, 0.2) is 0 Å². The molecule has 0 saturated carbocycles. The zero-order chi connectivity index (χ0) is 15.2. The van der Waals surface area contributed by atoms with E-state index in [1.165, 1.54) is 30.2 Å². The molecule has 3 N–H and O–H groups in total. The molecular formula is C14H21N3O3S. The first-order valence-electron chi connectivity index (χ1n) is 7.10. The Morgan fingerprint density at radius 2 is 2.14 bits per heavy atom. The number of piperidine rings is 1. The van der Waals surface area contributed by atoms with Crippen molar-refractivity contribution in [2.24, 2.45) is 5.92 Å². The molecule has 0 atom stereocenters. The minimum atomic E-state index is -1.03. The second kappa shape index (κ2) is 7.42. The normalized spacial score (nSPS) is 16.6. The van der Waals surface area contributed by atoms with Crippen LogP contribution in [-0.4, -0.2) is 48.7 Å². The summed E-state index contributed by atoms with van der Waals surface area (Å²) < 4.78 is 0. The average Bonchev–Trinajstić information content (AvgIpc) is 2.89. The third-order valence-electron chi connectivity index (χ3n) is 3.80. The molecule has 1 aliphatic rings. The highest BCUT2D eigenvalue weighted by Crippen LogP contribution is 2.23. The van der Waals surface area contributed by atoms with E-state index in [0.717, 1.165) is 19.5 Å². The number of amides is 2. The van der Waals surface area contributed by atoms with Crippen LogP contribution in [0.15, 0.2) is 11.4 Å². The highest BCUT2D eigenvalue weighted by Gasteiger charge is 2.17. The van der Waals surface area contributed by atoms with Gasteiger partial charge in [0.05, 0.1) is 5.56 Å². The fourth-order valence-corrected chi connectivity index (χ4v) is 3.24. The minimum absolute atomic E-state index is 0.130. The number of likely N-dealkylation sites (tertiary alicyclic amines) is 1. The second-order valence-electron chi connectivity index (χ2n) is 5.38. The van der Waals surface area contributed by atoms with Gasteiger partial charge in [-0.05, 0) is 56.8 Å². The molecule has 21 heavy (non-hydrogen) atoms. The lowest BCUT2D eigenvalue weighted by atomic mass is 9.94. The number of nitrogens with zero attached hydrogens (tertiary/aromatic N) is 1. The van der Waals surface area contributed by atoms with Crippen LogP contribution in [0, 0.1) is 5.92 Å². The number of carbonyl (C=O) groups excluding carboxylic acids is 1. The van der Waals surface area contributed by atoms with E-state index < -0.39 is 5.97 Å². The standard InChI is InChI=1S/C14H21N3O3S/c1-17-7-3-10(4-8-17)2-6-15-14(20)16-12-11(13(18)19)5-9-21-12/h5,9-10H,2-4,6-8H2,1H3,(H,18,19)(H2,15,16,20). The topological polar surface area (TPSA) is 81.7 Å². The summed E-state index contributed by atoms with van der Waals surface area (Å²) in [6.45, 7) is 2.86. The van der Waals surface area contributed by atoms with Gasteiger partial charge in [-0.3, -0.25) is 5.32 Å². The minimum Gasteiger partial charge on any atom is -0.478 e. The van der Waals surface area contributed by atoms with Gasteiger partial charge in [0.25, 0.3) is 0 Å². The molecule has 6 nitrogen and oxygen atoms in total. The van der Waals surface area contributed by atoms with Crippen LogP contribution in [0.1, 0.15) is 29.6 Å². The highest BCUT2D eigenvalue weighted by atomic mass is 32.1. The van der Waals surface area contributed by atoms with Crippen LogP contribution in [0.3, 0.4) is 0 Å². The number of nitrogens with one attached hydrogen (secondary N) is 2. The zero-order valence-electron chi connectivity index (χ0n) is 12.1. The van der Waals surface area contributed by atoms with Crippen LogP contribution in [0.25, 0.3) is 0 Å². The van der Waals surface area contributed by atoms with E-state index in [1.807, 2.05) is 0 Å². The molecule has 0 aliphatic carbocycles. The van der Waals surface area contributed by atoms with E-state index in [4.69, 9.17) is 5.11 Å². The number of urea groups is 1. The molecule has 0 spiro atoms. The summed E-state index contributed by atoms with van der Waals surface area (Å²) in [6.07, 6.45) is 3.32. The second-order valence-corrected chi connectivity index (χ2v) is 6.30. The predicted octanol–water partition coefficient (Wildman–Crippen LogP) is 2.30. The number of thiophene rings is 1. The summed E-state index contributed by atoms with van der Waals surface area (Å²) in [5.74, 6) is -0.365. The molecule has 0 aromatic carbocycles. The molecule has 0 radical (unpaired) electrons. The summed E-state index contributed by atoms with van der Waals surface area (Å²) in [6, 6.07) is 1.15. The van der Waals surface area contributed by atoms with Gasteiger partial charge >= 0.3 is 12.0 Å². The van der Waals surface area contributed by atoms with E-state index in [0.29, 0.717) is 17.5 Å². The molecule has 1 aromatic rings. The number of carboxylic acid groups (broad SMARTS) is 1. The van der Waals surface area contributed by atoms with Gasteiger partial charge in [0.2, 0.25) is 0 Å². The molecule has 7 heteroatoms. The summed E-state index contributed by atoms with van der Waals surface area (Å²) in [5.41, 5.74) is 0.130. The van der Waals surface area contributed by atoms with Crippen LogP contribution in [0.4, 0.5) is 9.80 Å². The number of hydrogen-bond donors (Lipinski definition) is 3. The van der Waals surface area contributed by atoms with Gasteiger partial charge in [-0.2, -0.15) is 0 Å². The average molecular weight is 311 g/mol. The van der Waals surface area contributed by atoms with Crippen molar-refractivity contribution in [3.05, 3.63) is 17.0 Å². The Labute approximate surface area is 128 Å². The van der Waals surface area contributed by atoms with Crippen molar-refractivity contribution in [2.45, 2.75) is 19.3 Å². The number of aromatic carboxylic acids is 1. The van der Waals surface area contributed by atoms with Crippen LogP contribution >= 0.6 is 11.3 Å². The van der Waals surface area contributed by atoms with Crippen molar-refractivity contribution in [1.29, 1.82) is 0 Å². The van der Waals surface area contributed by atoms with Crippen molar-refractivity contribution in [3.8, 4) is 0 Å². The largest absolute Gasteiger partial charge is 0.478 e. The molecule has 1 saturated heterocycles. The smallest absolute Gasteiger partial charge is 0.338 e. The molecule has 1 aliphatic heterocycles. The fourth-order valence-electron chi connectivity index (χ4n) is 2.46. The van der Waals surface area contributed by atoms with E-state index in [9.17, 15) is 9.59 Å². The maximum atomic E-state index is 11.8. The van der Waals surface area contributed by atoms with Crippen molar-refractivity contribution >= 4 is 28.3 Å². The van der Waals surface area contributed by atoms with E-state index >= 15 is 0 Å². The lowest BCUT2D eigenvalue weighted by molar-refractivity contribution is 0.0698. The lowest BCUT2D eigenvalue weighted by Gasteiger charge is -2.28. The molecule has 1 fully saturated rings. The fraction of sp³-hybridized carbons (Fsp3) is 0.571. The molecule has 0 unspecified atom stereocenters. The SMILES string of the molecule is CN1CCC(CCNC(=O)Nc2sccc2C(=O)O)CC1. The van der Waals surface area contributed by atoms with Crippen molar-refractivity contribution in [1.82, 2.24) is 10.2 Å². The molecule has 2 rings (SSSR count). The van der Waals surface area contributed by atoms with Crippen molar-refractivity contribution in [3.63, 3.8) is 0 Å². The molecular weight excluding hydrogens is 290 g/mol. The first-order valence-corrected chi connectivity index (χ1v) is 7.98. The first-order chi connectivity index (χ1) is 10.1. The Hall–Kier alpha value is -1.60. The van der Waals surface area contributed by atoms with Crippen LogP contribution in [0.2, 0.25) is 0 Å². The van der Waals surface area contributed by atoms with E-state index in [1.54, 1.807) is 5.38 Å². The van der Waals surface area contributed by atoms with Gasteiger partial charge in [0, 0.05) is 6.54 Å². The molecule has 116 valence electrons. The predicted molar refractivity (Wildman–Crippen MR) is 83.1 cm³/mol. The third kappa shape index (κ3) is 4.71. The highest BCUT2D eigenvalue weighted by molar-refractivity contribution is 7.14. The summed E-state index contributed by atoms with van der Waals surface area (Å²) in [7, 11) is 2.13. The maximum Gasteiger partial charge on any atom is 0.338 e. The van der Waals surface area contributed by atoms with Gasteiger partial charge in [-0.1, -0.05) is 0 Å². The third-order valence-corrected chi connectivity index (χ3v) is 4.63. The number of anilines is 1. The molecule has 2 heterocycles. The number of carboxylic acids is 1. The van der Waals surface area contributed by atoms with E-state index in [2.05, 4.69) is 22.6 Å². The molecule has 2 amide bonds. The van der Waals surface area contributed by atoms with Crippen LogP contribution in [-0.2, 0) is 0 Å². The lowest BCUT2D eigenvalue weighted by Crippen LogP contribution is -2.34. The Bertz CT molecular complexity index is 495. The van der Waals surface area contributed by atoms with Gasteiger partial charge < -0.3 is 15.3 Å². The van der Waals surface area contributed by atoms with Crippen molar-refractivity contribution in [2.75, 3.05) is 32.0 Å². The Balaban J connectivity index is 1.70. The van der Waals surface area contributed by atoms with Crippen molar-refractivity contribution < 1.29 is 14.7 Å². The van der Waals surface area contributed by atoms with Gasteiger partial charge in [0.1, 0.15) is 5.00 Å². The Kier molecular flexibility index (Phi) is 5.58. The number of rotatable bonds is 5. The molecule has 1 aromatic heterocycles. The van der Waals surface area contributed by atoms with Gasteiger partial charge in [-0.25, -0.2) is 9.59 Å². The maximum absolute atomic E-state index is 11.8. The van der Waals surface area contributed by atoms with E-state index in [-0.39, 0.29) is 11.6 Å².